The molecule has 2 aromatic carbocycles. The molecule has 6 nitrogen and oxygen atoms in total. The molecule has 0 aromatic heterocycles. The maximum absolute atomic E-state index is 13.2. The molecule has 0 spiro atoms. The van der Waals surface area contributed by atoms with E-state index in [-0.39, 0.29) is 5.91 Å². The Morgan fingerprint density at radius 2 is 1.68 bits per heavy atom. The monoisotopic (exact) mass is 382 g/mol. The second kappa shape index (κ2) is 7.72. The lowest BCUT2D eigenvalue weighted by Gasteiger charge is -2.32. The Morgan fingerprint density at radius 3 is 2.46 bits per heavy atom. The lowest BCUT2D eigenvalue weighted by Crippen LogP contribution is -2.38. The topological polar surface area (TPSA) is 60.0 Å². The van der Waals surface area contributed by atoms with Gasteiger partial charge in [-0.25, -0.2) is 0 Å². The summed E-state index contributed by atoms with van der Waals surface area (Å²) in [6.07, 6.45) is 0. The fraction of sp³-hybridized carbons (Fsp3) is 0.409. The van der Waals surface area contributed by atoms with Gasteiger partial charge in [-0.2, -0.15) is 0 Å². The molecule has 0 radical (unpaired) electrons. The van der Waals surface area contributed by atoms with E-state index in [1.54, 1.807) is 0 Å². The highest BCUT2D eigenvalue weighted by Crippen LogP contribution is 2.36. The van der Waals surface area contributed by atoms with Gasteiger partial charge < -0.3 is 24.4 Å². The number of ether oxygens (including phenoxy) is 3. The average Bonchev–Trinajstić information content (AvgIpc) is 2.74. The highest BCUT2D eigenvalue weighted by molar-refractivity contribution is 6.01. The molecule has 1 N–H and O–H groups in total. The van der Waals surface area contributed by atoms with Gasteiger partial charge in [0.1, 0.15) is 13.2 Å². The first kappa shape index (κ1) is 18.6. The van der Waals surface area contributed by atoms with Gasteiger partial charge in [-0.1, -0.05) is 18.2 Å². The molecular weight excluding hydrogens is 356 g/mol. The summed E-state index contributed by atoms with van der Waals surface area (Å²) in [6, 6.07) is 13.6. The number of carbonyl (C=O) groups excluding carboxylic acids is 1. The molecule has 1 saturated heterocycles. The molecule has 2 aliphatic heterocycles. The zero-order chi connectivity index (χ0) is 19.6. The van der Waals surface area contributed by atoms with Gasteiger partial charge in [0.2, 0.25) is 5.91 Å². The Bertz CT molecular complexity index is 859. The van der Waals surface area contributed by atoms with Crippen LogP contribution in [-0.4, -0.2) is 45.4 Å². The van der Waals surface area contributed by atoms with E-state index in [0.29, 0.717) is 32.2 Å². The van der Waals surface area contributed by atoms with Crippen molar-refractivity contribution in [3.63, 3.8) is 0 Å². The van der Waals surface area contributed by atoms with Crippen LogP contribution in [0.1, 0.15) is 19.4 Å². The minimum absolute atomic E-state index is 0.0649. The van der Waals surface area contributed by atoms with Crippen molar-refractivity contribution in [2.75, 3.05) is 49.7 Å². The zero-order valence-electron chi connectivity index (χ0n) is 16.4. The molecular formula is C22H26N2O4. The first-order valence-corrected chi connectivity index (χ1v) is 9.69. The standard InChI is InChI=1S/C22H26N2O4/c1-22(2,16-7-8-19-20(15-16)28-14-13-27-19)21(25)23-17-5-3-4-6-18(17)24-9-11-26-12-10-24/h3-8,15H,9-14H2,1-2H3,(H,23,25). The number of amides is 1. The van der Waals surface area contributed by atoms with Gasteiger partial charge in [-0.3, -0.25) is 4.79 Å². The minimum Gasteiger partial charge on any atom is -0.486 e. The van der Waals surface area contributed by atoms with Gasteiger partial charge in [0, 0.05) is 13.1 Å². The van der Waals surface area contributed by atoms with E-state index in [2.05, 4.69) is 10.2 Å². The maximum atomic E-state index is 13.2. The van der Waals surface area contributed by atoms with E-state index in [4.69, 9.17) is 14.2 Å². The molecule has 1 fully saturated rings. The van der Waals surface area contributed by atoms with Crippen molar-refractivity contribution < 1.29 is 19.0 Å². The molecule has 2 heterocycles. The third-order valence-electron chi connectivity index (χ3n) is 5.34. The van der Waals surface area contributed by atoms with E-state index in [1.807, 2.05) is 56.3 Å². The number of hydrogen-bond acceptors (Lipinski definition) is 5. The Labute approximate surface area is 165 Å². The number of anilines is 2. The van der Waals surface area contributed by atoms with Gasteiger partial charge in [0.15, 0.2) is 11.5 Å². The van der Waals surface area contributed by atoms with Crippen molar-refractivity contribution in [2.24, 2.45) is 0 Å². The van der Waals surface area contributed by atoms with Crippen molar-refractivity contribution in [1.82, 2.24) is 0 Å². The predicted molar refractivity (Wildman–Crippen MR) is 109 cm³/mol. The second-order valence-electron chi connectivity index (χ2n) is 7.55. The predicted octanol–water partition coefficient (Wildman–Crippen LogP) is 3.21. The fourth-order valence-electron chi connectivity index (χ4n) is 3.50. The largest absolute Gasteiger partial charge is 0.486 e. The summed E-state index contributed by atoms with van der Waals surface area (Å²) in [6.45, 7) is 7.95. The van der Waals surface area contributed by atoms with Crippen LogP contribution in [0.15, 0.2) is 42.5 Å². The number of benzene rings is 2. The summed E-state index contributed by atoms with van der Waals surface area (Å²) < 4.78 is 16.7. The first-order valence-electron chi connectivity index (χ1n) is 9.69. The number of nitrogens with zero attached hydrogens (tertiary/aromatic N) is 1. The third kappa shape index (κ3) is 3.64. The van der Waals surface area contributed by atoms with Gasteiger partial charge in [-0.05, 0) is 43.7 Å². The van der Waals surface area contributed by atoms with E-state index in [0.717, 1.165) is 35.8 Å². The Morgan fingerprint density at radius 1 is 0.964 bits per heavy atom. The molecule has 6 heteroatoms. The van der Waals surface area contributed by atoms with Crippen molar-refractivity contribution in [2.45, 2.75) is 19.3 Å². The quantitative estimate of drug-likeness (QED) is 0.880. The molecule has 0 aliphatic carbocycles. The SMILES string of the molecule is CC(C)(C(=O)Nc1ccccc1N1CCOCC1)c1ccc2c(c1)OCCO2. The Hall–Kier alpha value is -2.73. The number of para-hydroxylation sites is 2. The number of fused-ring (bicyclic) bond motifs is 1. The van der Waals surface area contributed by atoms with Crippen LogP contribution in [0.5, 0.6) is 11.5 Å². The molecule has 4 rings (SSSR count). The minimum atomic E-state index is -0.728. The number of nitrogens with one attached hydrogen (secondary N) is 1. The summed E-state index contributed by atoms with van der Waals surface area (Å²) in [4.78, 5) is 15.5. The van der Waals surface area contributed by atoms with E-state index < -0.39 is 5.41 Å². The van der Waals surface area contributed by atoms with Crippen LogP contribution in [0.25, 0.3) is 0 Å². The fourth-order valence-corrected chi connectivity index (χ4v) is 3.50. The molecule has 2 aliphatic rings. The summed E-state index contributed by atoms with van der Waals surface area (Å²) >= 11 is 0. The van der Waals surface area contributed by atoms with Gasteiger partial charge >= 0.3 is 0 Å². The van der Waals surface area contributed by atoms with Crippen LogP contribution in [0, 0.1) is 0 Å². The lowest BCUT2D eigenvalue weighted by molar-refractivity contribution is -0.120. The van der Waals surface area contributed by atoms with E-state index >= 15 is 0 Å². The van der Waals surface area contributed by atoms with Crippen LogP contribution in [-0.2, 0) is 14.9 Å². The Balaban J connectivity index is 1.56. The molecule has 2 aromatic rings. The summed E-state index contributed by atoms with van der Waals surface area (Å²) in [5.41, 5.74) is 2.00. The number of rotatable bonds is 4. The van der Waals surface area contributed by atoms with Gasteiger partial charge in [0.25, 0.3) is 0 Å². The van der Waals surface area contributed by atoms with E-state index in [1.165, 1.54) is 0 Å². The number of hydrogen-bond donors (Lipinski definition) is 1. The van der Waals surface area contributed by atoms with Gasteiger partial charge in [-0.15, -0.1) is 0 Å². The molecule has 0 atom stereocenters. The second-order valence-corrected chi connectivity index (χ2v) is 7.55. The van der Waals surface area contributed by atoms with Crippen molar-refractivity contribution in [1.29, 1.82) is 0 Å². The van der Waals surface area contributed by atoms with Gasteiger partial charge in [0.05, 0.1) is 30.0 Å². The maximum Gasteiger partial charge on any atom is 0.234 e. The third-order valence-corrected chi connectivity index (χ3v) is 5.34. The van der Waals surface area contributed by atoms with Crippen LogP contribution in [0.2, 0.25) is 0 Å². The van der Waals surface area contributed by atoms with Crippen LogP contribution >= 0.6 is 0 Å². The lowest BCUT2D eigenvalue weighted by atomic mass is 9.83. The zero-order valence-corrected chi connectivity index (χ0v) is 16.4. The highest BCUT2D eigenvalue weighted by Gasteiger charge is 2.32. The summed E-state index contributed by atoms with van der Waals surface area (Å²) in [7, 11) is 0. The first-order chi connectivity index (χ1) is 13.6. The highest BCUT2D eigenvalue weighted by atomic mass is 16.6. The molecule has 1 amide bonds. The molecule has 0 unspecified atom stereocenters. The average molecular weight is 382 g/mol. The van der Waals surface area contributed by atoms with Crippen LogP contribution in [0.3, 0.4) is 0 Å². The number of carbonyl (C=O) groups is 1. The Kier molecular flexibility index (Phi) is 5.13. The van der Waals surface area contributed by atoms with Crippen LogP contribution < -0.4 is 19.7 Å². The molecule has 0 saturated carbocycles. The number of morpholine rings is 1. The van der Waals surface area contributed by atoms with Crippen molar-refractivity contribution in [3.8, 4) is 11.5 Å². The van der Waals surface area contributed by atoms with E-state index in [9.17, 15) is 4.79 Å². The smallest absolute Gasteiger partial charge is 0.234 e. The molecule has 28 heavy (non-hydrogen) atoms. The summed E-state index contributed by atoms with van der Waals surface area (Å²) in [5.74, 6) is 1.35. The normalized spacial score (nSPS) is 16.6. The molecule has 148 valence electrons. The molecule has 0 bridgehead atoms. The van der Waals surface area contributed by atoms with Crippen molar-refractivity contribution in [3.05, 3.63) is 48.0 Å². The summed E-state index contributed by atoms with van der Waals surface area (Å²) in [5, 5.41) is 3.13. The van der Waals surface area contributed by atoms with Crippen molar-refractivity contribution >= 4 is 17.3 Å². The van der Waals surface area contributed by atoms with Crippen LogP contribution in [0.4, 0.5) is 11.4 Å².